The fraction of sp³-hybridized carbons (Fsp3) is 0.227. The number of hydrogen-bond donors (Lipinski definition) is 1. The Hall–Kier alpha value is -3.23. The summed E-state index contributed by atoms with van der Waals surface area (Å²) in [6.07, 6.45) is 4.78. The highest BCUT2D eigenvalue weighted by molar-refractivity contribution is 7.09. The molecule has 0 aliphatic heterocycles. The molecule has 1 aromatic carbocycles. The first-order chi connectivity index (χ1) is 14.6. The monoisotopic (exact) mass is 425 g/mol. The standard InChI is InChI=1S/C22H23N3O4S/c1-16-24-18(15-30-16)14-29-19-6-3-5-17(13-19)8-9-21(26)25-20-7-4-10-23-22(20)28-12-11-27-2/h3-10,13,15H,11-12,14H2,1-2H3,(H,25,26)/b9-8+. The van der Waals surface area contributed by atoms with Crippen LogP contribution in [0.15, 0.2) is 54.1 Å². The minimum atomic E-state index is -0.288. The summed E-state index contributed by atoms with van der Waals surface area (Å²) in [7, 11) is 1.59. The number of ether oxygens (including phenoxy) is 3. The summed E-state index contributed by atoms with van der Waals surface area (Å²) in [5, 5.41) is 5.77. The number of carbonyl (C=O) groups is 1. The van der Waals surface area contributed by atoms with Crippen LogP contribution in [0, 0.1) is 6.92 Å². The Kier molecular flexibility index (Phi) is 7.94. The average molecular weight is 426 g/mol. The van der Waals surface area contributed by atoms with Gasteiger partial charge in [-0.1, -0.05) is 12.1 Å². The van der Waals surface area contributed by atoms with Crippen molar-refractivity contribution < 1.29 is 19.0 Å². The molecule has 8 heteroatoms. The van der Waals surface area contributed by atoms with E-state index in [1.165, 1.54) is 6.08 Å². The second kappa shape index (κ2) is 11.1. The van der Waals surface area contributed by atoms with Gasteiger partial charge < -0.3 is 19.5 Å². The minimum Gasteiger partial charge on any atom is -0.487 e. The third kappa shape index (κ3) is 6.68. The third-order valence-corrected chi connectivity index (χ3v) is 4.72. The molecule has 0 saturated carbocycles. The normalized spacial score (nSPS) is 10.9. The Balaban J connectivity index is 1.57. The molecule has 2 aromatic heterocycles. The molecule has 30 heavy (non-hydrogen) atoms. The Morgan fingerprint density at radius 3 is 2.90 bits per heavy atom. The van der Waals surface area contributed by atoms with Gasteiger partial charge >= 0.3 is 0 Å². The van der Waals surface area contributed by atoms with E-state index in [4.69, 9.17) is 14.2 Å². The summed E-state index contributed by atoms with van der Waals surface area (Å²) >= 11 is 1.59. The molecular formula is C22H23N3O4S. The molecular weight excluding hydrogens is 402 g/mol. The van der Waals surface area contributed by atoms with Crippen LogP contribution in [0.2, 0.25) is 0 Å². The zero-order valence-electron chi connectivity index (χ0n) is 16.8. The molecule has 7 nitrogen and oxygen atoms in total. The number of methoxy groups -OCH3 is 1. The molecule has 0 radical (unpaired) electrons. The Labute approximate surface area is 179 Å². The minimum absolute atomic E-state index is 0.288. The molecule has 0 fully saturated rings. The van der Waals surface area contributed by atoms with Crippen LogP contribution in [-0.4, -0.2) is 36.2 Å². The molecule has 156 valence electrons. The van der Waals surface area contributed by atoms with Gasteiger partial charge in [-0.25, -0.2) is 9.97 Å². The first kappa shape index (κ1) is 21.5. The van der Waals surface area contributed by atoms with E-state index in [2.05, 4.69) is 15.3 Å². The van der Waals surface area contributed by atoms with Crippen molar-refractivity contribution in [2.45, 2.75) is 13.5 Å². The Morgan fingerprint density at radius 2 is 2.10 bits per heavy atom. The van der Waals surface area contributed by atoms with Crippen molar-refractivity contribution in [3.63, 3.8) is 0 Å². The van der Waals surface area contributed by atoms with Crippen LogP contribution in [0.25, 0.3) is 6.08 Å². The van der Waals surface area contributed by atoms with Crippen LogP contribution in [0.4, 0.5) is 5.69 Å². The van der Waals surface area contributed by atoms with E-state index in [9.17, 15) is 4.79 Å². The van der Waals surface area contributed by atoms with E-state index in [0.717, 1.165) is 16.3 Å². The molecule has 0 aliphatic carbocycles. The van der Waals surface area contributed by atoms with Crippen molar-refractivity contribution in [3.05, 3.63) is 70.3 Å². The van der Waals surface area contributed by atoms with E-state index < -0.39 is 0 Å². The lowest BCUT2D eigenvalue weighted by Crippen LogP contribution is -2.12. The van der Waals surface area contributed by atoms with Crippen molar-refractivity contribution >= 4 is 29.0 Å². The SMILES string of the molecule is COCCOc1ncccc1NC(=O)/C=C/c1cccc(OCc2csc(C)n2)c1. The molecule has 0 atom stereocenters. The van der Waals surface area contributed by atoms with Gasteiger partial charge in [0, 0.05) is 24.8 Å². The van der Waals surface area contributed by atoms with E-state index >= 15 is 0 Å². The largest absolute Gasteiger partial charge is 0.487 e. The van der Waals surface area contributed by atoms with Crippen molar-refractivity contribution in [2.24, 2.45) is 0 Å². The first-order valence-corrected chi connectivity index (χ1v) is 10.2. The zero-order chi connectivity index (χ0) is 21.2. The molecule has 1 N–H and O–H groups in total. The van der Waals surface area contributed by atoms with Crippen molar-refractivity contribution in [1.82, 2.24) is 9.97 Å². The molecule has 0 saturated heterocycles. The highest BCUT2D eigenvalue weighted by Gasteiger charge is 2.07. The Morgan fingerprint density at radius 1 is 1.20 bits per heavy atom. The summed E-state index contributed by atoms with van der Waals surface area (Å²) < 4.78 is 16.3. The van der Waals surface area contributed by atoms with E-state index in [0.29, 0.717) is 37.1 Å². The van der Waals surface area contributed by atoms with Crippen LogP contribution in [0.5, 0.6) is 11.6 Å². The van der Waals surface area contributed by atoms with Gasteiger partial charge in [-0.3, -0.25) is 4.79 Å². The number of thiazole rings is 1. The van der Waals surface area contributed by atoms with E-state index in [1.807, 2.05) is 36.6 Å². The number of carbonyl (C=O) groups excluding carboxylic acids is 1. The number of pyridine rings is 1. The lowest BCUT2D eigenvalue weighted by atomic mass is 10.2. The summed E-state index contributed by atoms with van der Waals surface area (Å²) in [5.41, 5.74) is 2.25. The van der Waals surface area contributed by atoms with Crippen LogP contribution in [-0.2, 0) is 16.1 Å². The number of hydrogen-bond acceptors (Lipinski definition) is 7. The molecule has 0 unspecified atom stereocenters. The lowest BCUT2D eigenvalue weighted by Gasteiger charge is -2.09. The highest BCUT2D eigenvalue weighted by atomic mass is 32.1. The Bertz CT molecular complexity index is 1000. The summed E-state index contributed by atoms with van der Waals surface area (Å²) in [6, 6.07) is 11.0. The number of nitrogens with zero attached hydrogens (tertiary/aromatic N) is 2. The molecule has 0 aliphatic rings. The molecule has 2 heterocycles. The van der Waals surface area contributed by atoms with Crippen molar-refractivity contribution in [1.29, 1.82) is 0 Å². The molecule has 0 spiro atoms. The van der Waals surface area contributed by atoms with Crippen LogP contribution in [0.3, 0.4) is 0 Å². The summed E-state index contributed by atoms with van der Waals surface area (Å²) in [4.78, 5) is 20.8. The summed E-state index contributed by atoms with van der Waals surface area (Å²) in [6.45, 7) is 3.15. The molecule has 1 amide bonds. The van der Waals surface area contributed by atoms with Crippen molar-refractivity contribution in [3.8, 4) is 11.6 Å². The quantitative estimate of drug-likeness (QED) is 0.389. The fourth-order valence-electron chi connectivity index (χ4n) is 2.51. The first-order valence-electron chi connectivity index (χ1n) is 9.34. The number of aromatic nitrogens is 2. The smallest absolute Gasteiger partial charge is 0.248 e. The van der Waals surface area contributed by atoms with Gasteiger partial charge in [-0.05, 0) is 42.8 Å². The fourth-order valence-corrected chi connectivity index (χ4v) is 3.11. The van der Waals surface area contributed by atoms with Crippen LogP contribution >= 0.6 is 11.3 Å². The number of anilines is 1. The number of benzene rings is 1. The van der Waals surface area contributed by atoms with Crippen molar-refractivity contribution in [2.75, 3.05) is 25.6 Å². The summed E-state index contributed by atoms with van der Waals surface area (Å²) in [5.74, 6) is 0.775. The van der Waals surface area contributed by atoms with Gasteiger partial charge in [0.25, 0.3) is 0 Å². The maximum atomic E-state index is 12.3. The topological polar surface area (TPSA) is 82.6 Å². The van der Waals surface area contributed by atoms with E-state index in [1.54, 1.807) is 42.9 Å². The lowest BCUT2D eigenvalue weighted by molar-refractivity contribution is -0.111. The predicted octanol–water partition coefficient (Wildman–Crippen LogP) is 4.10. The number of amides is 1. The van der Waals surface area contributed by atoms with E-state index in [-0.39, 0.29) is 5.91 Å². The molecule has 3 rings (SSSR count). The predicted molar refractivity (Wildman–Crippen MR) is 117 cm³/mol. The van der Waals surface area contributed by atoms with Gasteiger partial charge in [-0.2, -0.15) is 0 Å². The second-order valence-electron chi connectivity index (χ2n) is 6.24. The zero-order valence-corrected chi connectivity index (χ0v) is 17.6. The third-order valence-electron chi connectivity index (χ3n) is 3.89. The number of aryl methyl sites for hydroxylation is 1. The number of nitrogens with one attached hydrogen (secondary N) is 1. The maximum absolute atomic E-state index is 12.3. The van der Waals surface area contributed by atoms with Gasteiger partial charge in [-0.15, -0.1) is 11.3 Å². The maximum Gasteiger partial charge on any atom is 0.248 e. The molecule has 3 aromatic rings. The van der Waals surface area contributed by atoms with Crippen LogP contribution in [0.1, 0.15) is 16.3 Å². The van der Waals surface area contributed by atoms with Gasteiger partial charge in [0.05, 0.1) is 17.3 Å². The number of rotatable bonds is 10. The van der Waals surface area contributed by atoms with Crippen LogP contribution < -0.4 is 14.8 Å². The average Bonchev–Trinajstić information content (AvgIpc) is 3.18. The highest BCUT2D eigenvalue weighted by Crippen LogP contribution is 2.21. The van der Waals surface area contributed by atoms with Gasteiger partial charge in [0.2, 0.25) is 11.8 Å². The van der Waals surface area contributed by atoms with Gasteiger partial charge in [0.1, 0.15) is 24.7 Å². The van der Waals surface area contributed by atoms with Gasteiger partial charge in [0.15, 0.2) is 0 Å². The molecule has 0 bridgehead atoms. The second-order valence-corrected chi connectivity index (χ2v) is 7.30.